The van der Waals surface area contributed by atoms with Crippen LogP contribution in [0.5, 0.6) is 5.75 Å². The summed E-state index contributed by atoms with van der Waals surface area (Å²) >= 11 is 0. The van der Waals surface area contributed by atoms with Gasteiger partial charge in [-0.3, -0.25) is 14.5 Å². The Labute approximate surface area is 202 Å². The quantitative estimate of drug-likeness (QED) is 0.497. The normalized spacial score (nSPS) is 18.1. The Morgan fingerprint density at radius 3 is 2.79 bits per heavy atom. The number of fused-ring (bicyclic) bond motifs is 1. The number of piperidine rings is 1. The molecule has 2 aliphatic heterocycles. The van der Waals surface area contributed by atoms with Crippen LogP contribution < -0.4 is 20.7 Å². The summed E-state index contributed by atoms with van der Waals surface area (Å²) in [6.45, 7) is 6.95. The number of nitrogens with one attached hydrogen (secondary N) is 3. The molecule has 1 unspecified atom stereocenters. The van der Waals surface area contributed by atoms with Gasteiger partial charge in [0.15, 0.2) is 6.61 Å². The monoisotopic (exact) mass is 464 g/mol. The summed E-state index contributed by atoms with van der Waals surface area (Å²) in [6, 6.07) is 14.3. The molecule has 34 heavy (non-hydrogen) atoms. The Morgan fingerprint density at radius 1 is 1.15 bits per heavy atom. The maximum Gasteiger partial charge on any atom is 0.257 e. The van der Waals surface area contributed by atoms with Crippen molar-refractivity contribution in [2.45, 2.75) is 45.1 Å². The molecule has 0 saturated carbocycles. The number of anilines is 1. The van der Waals surface area contributed by atoms with Crippen molar-refractivity contribution in [1.82, 2.24) is 15.5 Å². The van der Waals surface area contributed by atoms with Gasteiger partial charge in [0.05, 0.1) is 0 Å². The minimum Gasteiger partial charge on any atom is -0.483 e. The van der Waals surface area contributed by atoms with Gasteiger partial charge in [-0.15, -0.1) is 0 Å². The Hall–Kier alpha value is -2.90. The maximum absolute atomic E-state index is 12.4. The van der Waals surface area contributed by atoms with Crippen LogP contribution in [0.15, 0.2) is 42.5 Å². The van der Waals surface area contributed by atoms with Crippen molar-refractivity contribution in [3.8, 4) is 5.75 Å². The van der Waals surface area contributed by atoms with Crippen molar-refractivity contribution >= 4 is 17.5 Å². The van der Waals surface area contributed by atoms with E-state index >= 15 is 0 Å². The molecule has 0 spiro atoms. The van der Waals surface area contributed by atoms with Gasteiger partial charge >= 0.3 is 0 Å². The van der Waals surface area contributed by atoms with E-state index in [0.29, 0.717) is 12.3 Å². The van der Waals surface area contributed by atoms with Crippen LogP contribution >= 0.6 is 0 Å². The topological polar surface area (TPSA) is 82.7 Å². The van der Waals surface area contributed by atoms with Crippen LogP contribution in [0.4, 0.5) is 5.69 Å². The largest absolute Gasteiger partial charge is 0.483 e. The van der Waals surface area contributed by atoms with Crippen molar-refractivity contribution in [3.05, 3.63) is 59.2 Å². The first kappa shape index (κ1) is 24.2. The number of hydrogen-bond donors (Lipinski definition) is 3. The molecule has 0 radical (unpaired) electrons. The van der Waals surface area contributed by atoms with Crippen LogP contribution in [-0.4, -0.2) is 56.0 Å². The van der Waals surface area contributed by atoms with Gasteiger partial charge < -0.3 is 20.7 Å². The van der Waals surface area contributed by atoms with E-state index in [0.717, 1.165) is 69.7 Å². The van der Waals surface area contributed by atoms with E-state index in [-0.39, 0.29) is 24.3 Å². The van der Waals surface area contributed by atoms with E-state index in [1.807, 2.05) is 18.2 Å². The molecule has 0 aliphatic carbocycles. The van der Waals surface area contributed by atoms with Crippen molar-refractivity contribution in [2.75, 3.05) is 44.6 Å². The van der Waals surface area contributed by atoms with E-state index in [2.05, 4.69) is 45.1 Å². The Morgan fingerprint density at radius 2 is 2.00 bits per heavy atom. The van der Waals surface area contributed by atoms with Crippen LogP contribution in [0.25, 0.3) is 0 Å². The minimum absolute atomic E-state index is 0.0340. The highest BCUT2D eigenvalue weighted by Crippen LogP contribution is 2.37. The molecule has 4 rings (SSSR count). The number of nitrogens with zero attached hydrogens (tertiary/aromatic N) is 1. The molecule has 1 saturated heterocycles. The van der Waals surface area contributed by atoms with Crippen LogP contribution in [0, 0.1) is 0 Å². The predicted octanol–water partition coefficient (Wildman–Crippen LogP) is 3.06. The molecule has 2 aromatic rings. The van der Waals surface area contributed by atoms with E-state index < -0.39 is 0 Å². The highest BCUT2D eigenvalue weighted by Gasteiger charge is 2.23. The molecule has 0 bridgehead atoms. The third-order valence-corrected chi connectivity index (χ3v) is 6.62. The number of amides is 2. The van der Waals surface area contributed by atoms with Crippen molar-refractivity contribution in [2.24, 2.45) is 0 Å². The third-order valence-electron chi connectivity index (χ3n) is 6.62. The van der Waals surface area contributed by atoms with Crippen molar-refractivity contribution in [1.29, 1.82) is 0 Å². The fraction of sp³-hybridized carbons (Fsp3) is 0.481. The van der Waals surface area contributed by atoms with E-state index in [4.69, 9.17) is 4.74 Å². The molecule has 1 atom stereocenters. The van der Waals surface area contributed by atoms with Crippen LogP contribution in [-0.2, 0) is 22.6 Å². The zero-order valence-electron chi connectivity index (χ0n) is 20.1. The summed E-state index contributed by atoms with van der Waals surface area (Å²) in [5, 5.41) is 9.33. The SMILES string of the molecule is CC(=O)Nc1cccc(OCC(=O)NCCCN2CCc3ccccc3C2)c1C1CCCNC1. The molecule has 2 heterocycles. The Balaban J connectivity index is 1.25. The summed E-state index contributed by atoms with van der Waals surface area (Å²) in [4.78, 5) is 26.6. The van der Waals surface area contributed by atoms with E-state index in [1.54, 1.807) is 0 Å². The van der Waals surface area contributed by atoms with Crippen LogP contribution in [0.1, 0.15) is 48.8 Å². The van der Waals surface area contributed by atoms with Gasteiger partial charge in [0.25, 0.3) is 5.91 Å². The summed E-state index contributed by atoms with van der Waals surface area (Å²) < 4.78 is 5.96. The van der Waals surface area contributed by atoms with Crippen LogP contribution in [0.2, 0.25) is 0 Å². The number of rotatable bonds is 9. The molecule has 1 fully saturated rings. The number of hydrogen-bond acceptors (Lipinski definition) is 5. The van der Waals surface area contributed by atoms with Gasteiger partial charge in [-0.1, -0.05) is 30.3 Å². The molecule has 2 aromatic carbocycles. The molecule has 182 valence electrons. The van der Waals surface area contributed by atoms with Gasteiger partial charge in [0, 0.05) is 56.8 Å². The smallest absolute Gasteiger partial charge is 0.257 e. The van der Waals surface area contributed by atoms with Gasteiger partial charge in [0.2, 0.25) is 5.91 Å². The highest BCUT2D eigenvalue weighted by atomic mass is 16.5. The zero-order chi connectivity index (χ0) is 23.8. The molecule has 0 aromatic heterocycles. The number of benzene rings is 2. The number of ether oxygens (including phenoxy) is 1. The summed E-state index contributed by atoms with van der Waals surface area (Å²) in [5.41, 5.74) is 4.61. The third kappa shape index (κ3) is 6.58. The van der Waals surface area contributed by atoms with Gasteiger partial charge in [0.1, 0.15) is 5.75 Å². The molecule has 7 nitrogen and oxygen atoms in total. The van der Waals surface area contributed by atoms with Crippen molar-refractivity contribution in [3.63, 3.8) is 0 Å². The lowest BCUT2D eigenvalue weighted by molar-refractivity contribution is -0.123. The molecular weight excluding hydrogens is 428 g/mol. The molecule has 7 heteroatoms. The average molecular weight is 465 g/mol. The van der Waals surface area contributed by atoms with E-state index in [9.17, 15) is 9.59 Å². The first-order chi connectivity index (χ1) is 16.6. The van der Waals surface area contributed by atoms with Gasteiger partial charge in [-0.05, 0) is 55.5 Å². The Bertz CT molecular complexity index is 988. The van der Waals surface area contributed by atoms with Crippen molar-refractivity contribution < 1.29 is 14.3 Å². The average Bonchev–Trinajstić information content (AvgIpc) is 2.85. The fourth-order valence-electron chi connectivity index (χ4n) is 4.96. The maximum atomic E-state index is 12.4. The number of carbonyl (C=O) groups excluding carboxylic acids is 2. The van der Waals surface area contributed by atoms with E-state index in [1.165, 1.54) is 18.1 Å². The Kier molecular flexibility index (Phi) is 8.55. The lowest BCUT2D eigenvalue weighted by Gasteiger charge is -2.28. The first-order valence-corrected chi connectivity index (χ1v) is 12.4. The highest BCUT2D eigenvalue weighted by molar-refractivity contribution is 5.90. The zero-order valence-corrected chi connectivity index (χ0v) is 20.1. The van der Waals surface area contributed by atoms with Crippen LogP contribution in [0.3, 0.4) is 0 Å². The molecule has 2 amide bonds. The second-order valence-corrected chi connectivity index (χ2v) is 9.23. The lowest BCUT2D eigenvalue weighted by Crippen LogP contribution is -2.35. The second kappa shape index (κ2) is 12.0. The predicted molar refractivity (Wildman–Crippen MR) is 134 cm³/mol. The fourth-order valence-corrected chi connectivity index (χ4v) is 4.96. The summed E-state index contributed by atoms with van der Waals surface area (Å²) in [6.07, 6.45) is 4.09. The second-order valence-electron chi connectivity index (χ2n) is 9.23. The molecular formula is C27H36N4O3. The summed E-state index contributed by atoms with van der Waals surface area (Å²) in [5.74, 6) is 0.672. The first-order valence-electron chi connectivity index (χ1n) is 12.4. The molecule has 3 N–H and O–H groups in total. The van der Waals surface area contributed by atoms with Gasteiger partial charge in [-0.2, -0.15) is 0 Å². The lowest BCUT2D eigenvalue weighted by atomic mass is 9.89. The molecule has 2 aliphatic rings. The summed E-state index contributed by atoms with van der Waals surface area (Å²) in [7, 11) is 0. The van der Waals surface area contributed by atoms with Gasteiger partial charge in [-0.25, -0.2) is 0 Å². The number of carbonyl (C=O) groups is 2. The standard InChI is InChI=1S/C27H36N4O3/c1-20(32)30-24-10-4-11-25(27(24)22-9-5-13-28-17-22)34-19-26(33)29-14-6-15-31-16-12-21-7-2-3-8-23(21)18-31/h2-4,7-8,10-11,22,28H,5-6,9,12-19H2,1H3,(H,29,33)(H,30,32). The minimum atomic E-state index is -0.123.